The number of benzene rings is 1. The van der Waals surface area contributed by atoms with E-state index in [2.05, 4.69) is 10.3 Å². The number of nitrogens with one attached hydrogen (secondary N) is 1. The Hall–Kier alpha value is -2.40. The van der Waals surface area contributed by atoms with Crippen LogP contribution in [-0.4, -0.2) is 22.6 Å². The summed E-state index contributed by atoms with van der Waals surface area (Å²) in [4.78, 5) is 16.0. The molecule has 0 aliphatic rings. The molecule has 1 aromatic carbocycles. The summed E-state index contributed by atoms with van der Waals surface area (Å²) in [7, 11) is 0. The van der Waals surface area contributed by atoms with E-state index in [9.17, 15) is 4.79 Å². The number of ether oxygens (including phenoxy) is 1. The zero-order valence-corrected chi connectivity index (χ0v) is 11.9. The van der Waals surface area contributed by atoms with Gasteiger partial charge in [0.1, 0.15) is 11.6 Å². The van der Waals surface area contributed by atoms with Crippen molar-refractivity contribution in [3.05, 3.63) is 53.7 Å². The predicted octanol–water partition coefficient (Wildman–Crippen LogP) is 2.15. The smallest absolute Gasteiger partial charge is 0.229 e. The normalized spacial score (nSPS) is 10.2. The van der Waals surface area contributed by atoms with Gasteiger partial charge < -0.3 is 15.2 Å². The van der Waals surface area contributed by atoms with Gasteiger partial charge in [0.2, 0.25) is 5.91 Å². The average Bonchev–Trinajstić information content (AvgIpc) is 2.49. The zero-order valence-electron chi connectivity index (χ0n) is 11.9. The lowest BCUT2D eigenvalue weighted by Crippen LogP contribution is -2.15. The van der Waals surface area contributed by atoms with Gasteiger partial charge in [-0.25, -0.2) is 4.98 Å². The highest BCUT2D eigenvalue weighted by molar-refractivity contribution is 5.91. The van der Waals surface area contributed by atoms with Gasteiger partial charge in [-0.05, 0) is 42.3 Å². The fourth-order valence-electron chi connectivity index (χ4n) is 1.88. The molecule has 0 atom stereocenters. The molecule has 0 unspecified atom stereocenters. The van der Waals surface area contributed by atoms with E-state index in [1.807, 2.05) is 31.2 Å². The van der Waals surface area contributed by atoms with Gasteiger partial charge in [0.15, 0.2) is 0 Å². The summed E-state index contributed by atoms with van der Waals surface area (Å²) in [5, 5.41) is 11.8. The Bertz CT molecular complexity index is 597. The molecule has 1 aromatic heterocycles. The first kappa shape index (κ1) is 15.0. The third-order valence-electron chi connectivity index (χ3n) is 2.87. The molecule has 0 radical (unpaired) electrons. The van der Waals surface area contributed by atoms with Crippen molar-refractivity contribution in [2.45, 2.75) is 20.0 Å². The van der Waals surface area contributed by atoms with E-state index in [0.717, 1.165) is 11.3 Å². The highest BCUT2D eigenvalue weighted by Gasteiger charge is 2.06. The molecule has 0 saturated carbocycles. The summed E-state index contributed by atoms with van der Waals surface area (Å²) in [5.74, 6) is 1.08. The van der Waals surface area contributed by atoms with Gasteiger partial charge in [-0.2, -0.15) is 0 Å². The van der Waals surface area contributed by atoms with E-state index in [0.29, 0.717) is 18.0 Å². The molecule has 0 bridgehead atoms. The summed E-state index contributed by atoms with van der Waals surface area (Å²) in [6.07, 6.45) is 1.81. The number of nitrogens with zero attached hydrogens (tertiary/aromatic N) is 1. The lowest BCUT2D eigenvalue weighted by Gasteiger charge is -2.07. The van der Waals surface area contributed by atoms with Crippen molar-refractivity contribution in [1.82, 2.24) is 4.98 Å². The second kappa shape index (κ2) is 7.40. The number of rotatable bonds is 6. The molecule has 110 valence electrons. The minimum absolute atomic E-state index is 0.0791. The van der Waals surface area contributed by atoms with Gasteiger partial charge in [0.25, 0.3) is 0 Å². The van der Waals surface area contributed by atoms with E-state index in [1.165, 1.54) is 0 Å². The number of hydrogen-bond acceptors (Lipinski definition) is 4. The molecule has 2 N–H and O–H groups in total. The first-order chi connectivity index (χ1) is 10.2. The Balaban J connectivity index is 1.94. The summed E-state index contributed by atoms with van der Waals surface area (Å²) >= 11 is 0. The third-order valence-corrected chi connectivity index (χ3v) is 2.87. The molecule has 1 heterocycles. The van der Waals surface area contributed by atoms with Crippen LogP contribution in [0.15, 0.2) is 42.6 Å². The predicted molar refractivity (Wildman–Crippen MR) is 80.1 cm³/mol. The average molecular weight is 286 g/mol. The van der Waals surface area contributed by atoms with Crippen LogP contribution < -0.4 is 10.1 Å². The van der Waals surface area contributed by atoms with E-state index >= 15 is 0 Å². The molecule has 1 amide bonds. The Morgan fingerprint density at radius 3 is 2.67 bits per heavy atom. The number of anilines is 1. The number of carbonyl (C=O) groups excluding carboxylic acids is 1. The topological polar surface area (TPSA) is 71.5 Å². The van der Waals surface area contributed by atoms with Crippen LogP contribution in [0.3, 0.4) is 0 Å². The molecule has 0 aliphatic heterocycles. The number of carbonyl (C=O) groups is 1. The highest BCUT2D eigenvalue weighted by Crippen LogP contribution is 2.13. The fraction of sp³-hybridized carbons (Fsp3) is 0.250. The maximum atomic E-state index is 11.9. The van der Waals surface area contributed by atoms with Crippen molar-refractivity contribution >= 4 is 11.7 Å². The monoisotopic (exact) mass is 286 g/mol. The number of aromatic nitrogens is 1. The Morgan fingerprint density at radius 2 is 2.00 bits per heavy atom. The standard InChI is InChI=1S/C16H18N2O3/c1-2-21-14-5-3-12(4-6-14)10-16(20)18-15-9-13(11-19)7-8-17-15/h3-9,19H,2,10-11H2,1H3,(H,17,18,20). The van der Waals surface area contributed by atoms with Crippen LogP contribution in [0.1, 0.15) is 18.1 Å². The number of aliphatic hydroxyl groups is 1. The van der Waals surface area contributed by atoms with Crippen LogP contribution >= 0.6 is 0 Å². The maximum Gasteiger partial charge on any atom is 0.229 e. The van der Waals surface area contributed by atoms with Crippen LogP contribution in [0.25, 0.3) is 0 Å². The van der Waals surface area contributed by atoms with Crippen LogP contribution in [0.2, 0.25) is 0 Å². The van der Waals surface area contributed by atoms with Crippen molar-refractivity contribution in [3.8, 4) is 5.75 Å². The summed E-state index contributed by atoms with van der Waals surface area (Å²) in [6.45, 7) is 2.46. The van der Waals surface area contributed by atoms with Gasteiger partial charge >= 0.3 is 0 Å². The van der Waals surface area contributed by atoms with Gasteiger partial charge in [0, 0.05) is 6.20 Å². The first-order valence-corrected chi connectivity index (χ1v) is 6.78. The molecular formula is C16H18N2O3. The van der Waals surface area contributed by atoms with Crippen LogP contribution in [0.5, 0.6) is 5.75 Å². The summed E-state index contributed by atoms with van der Waals surface area (Å²) in [5.41, 5.74) is 1.61. The van der Waals surface area contributed by atoms with Crippen LogP contribution in [0, 0.1) is 0 Å². The van der Waals surface area contributed by atoms with Crippen LogP contribution in [-0.2, 0) is 17.8 Å². The van der Waals surface area contributed by atoms with E-state index in [1.54, 1.807) is 18.3 Å². The van der Waals surface area contributed by atoms with Crippen molar-refractivity contribution in [2.75, 3.05) is 11.9 Å². The SMILES string of the molecule is CCOc1ccc(CC(=O)Nc2cc(CO)ccn2)cc1. The van der Waals surface area contributed by atoms with Crippen molar-refractivity contribution in [3.63, 3.8) is 0 Å². The van der Waals surface area contributed by atoms with Crippen molar-refractivity contribution in [1.29, 1.82) is 0 Å². The maximum absolute atomic E-state index is 11.9. The van der Waals surface area contributed by atoms with Crippen LogP contribution in [0.4, 0.5) is 5.82 Å². The number of pyridine rings is 1. The molecule has 0 spiro atoms. The van der Waals surface area contributed by atoms with Crippen molar-refractivity contribution in [2.24, 2.45) is 0 Å². The summed E-state index contributed by atoms with van der Waals surface area (Å²) in [6, 6.07) is 10.8. The lowest BCUT2D eigenvalue weighted by molar-refractivity contribution is -0.115. The minimum atomic E-state index is -0.151. The minimum Gasteiger partial charge on any atom is -0.494 e. The van der Waals surface area contributed by atoms with Gasteiger partial charge in [0.05, 0.1) is 19.6 Å². The second-order valence-corrected chi connectivity index (χ2v) is 4.51. The zero-order chi connectivity index (χ0) is 15.1. The number of amides is 1. The Labute approximate surface area is 123 Å². The number of aliphatic hydroxyl groups excluding tert-OH is 1. The lowest BCUT2D eigenvalue weighted by atomic mass is 10.1. The molecule has 2 rings (SSSR count). The summed E-state index contributed by atoms with van der Waals surface area (Å²) < 4.78 is 5.35. The largest absolute Gasteiger partial charge is 0.494 e. The molecule has 2 aromatic rings. The fourth-order valence-corrected chi connectivity index (χ4v) is 1.88. The first-order valence-electron chi connectivity index (χ1n) is 6.78. The highest BCUT2D eigenvalue weighted by atomic mass is 16.5. The van der Waals surface area contributed by atoms with Gasteiger partial charge in [-0.1, -0.05) is 12.1 Å². The molecule has 5 nitrogen and oxygen atoms in total. The van der Waals surface area contributed by atoms with Crippen molar-refractivity contribution < 1.29 is 14.6 Å². The quantitative estimate of drug-likeness (QED) is 0.853. The molecule has 0 aliphatic carbocycles. The van der Waals surface area contributed by atoms with E-state index in [4.69, 9.17) is 9.84 Å². The van der Waals surface area contributed by atoms with Gasteiger partial charge in [-0.3, -0.25) is 4.79 Å². The number of hydrogen-bond donors (Lipinski definition) is 2. The Morgan fingerprint density at radius 1 is 1.24 bits per heavy atom. The second-order valence-electron chi connectivity index (χ2n) is 4.51. The van der Waals surface area contributed by atoms with E-state index in [-0.39, 0.29) is 18.9 Å². The van der Waals surface area contributed by atoms with E-state index < -0.39 is 0 Å². The Kier molecular flexibility index (Phi) is 5.29. The molecular weight excluding hydrogens is 268 g/mol. The van der Waals surface area contributed by atoms with Gasteiger partial charge in [-0.15, -0.1) is 0 Å². The molecule has 0 saturated heterocycles. The molecule has 5 heteroatoms. The molecule has 0 fully saturated rings. The third kappa shape index (κ3) is 4.57. The molecule has 21 heavy (non-hydrogen) atoms.